The van der Waals surface area contributed by atoms with E-state index in [2.05, 4.69) is 44.8 Å². The number of unbranched alkanes of at least 4 members (excludes halogenated alkanes) is 2. The molecule has 1 unspecified atom stereocenters. The normalized spacial score (nSPS) is 41.0. The van der Waals surface area contributed by atoms with Gasteiger partial charge in [0.05, 0.1) is 18.3 Å². The lowest BCUT2D eigenvalue weighted by Gasteiger charge is -2.63. The van der Waals surface area contributed by atoms with Gasteiger partial charge in [0.15, 0.2) is 0 Å². The van der Waals surface area contributed by atoms with E-state index in [0.717, 1.165) is 84.0 Å². The summed E-state index contributed by atoms with van der Waals surface area (Å²) in [5.74, 6) is 2.17. The third-order valence-electron chi connectivity index (χ3n) is 13.0. The van der Waals surface area contributed by atoms with Crippen LogP contribution in [0, 0.1) is 46.3 Å². The van der Waals surface area contributed by atoms with Crippen LogP contribution < -0.4 is 5.32 Å². The fourth-order valence-electron chi connectivity index (χ4n) is 10.4. The molecule has 0 spiro atoms. The molecule has 4 aliphatic rings. The third kappa shape index (κ3) is 7.02. The van der Waals surface area contributed by atoms with E-state index in [1.807, 2.05) is 0 Å². The number of carbonyl (C=O) groups excluding carboxylic acids is 1. The van der Waals surface area contributed by atoms with E-state index in [0.29, 0.717) is 36.0 Å². The van der Waals surface area contributed by atoms with E-state index in [9.17, 15) is 20.1 Å². The molecule has 11 atom stereocenters. The molecular formula is C35H64N2O4. The van der Waals surface area contributed by atoms with Gasteiger partial charge < -0.3 is 25.5 Å². The number of aliphatic hydroxyl groups excluding tert-OH is 3. The molecule has 1 amide bonds. The molecule has 4 fully saturated rings. The van der Waals surface area contributed by atoms with Crippen molar-refractivity contribution in [1.29, 1.82) is 0 Å². The predicted molar refractivity (Wildman–Crippen MR) is 166 cm³/mol. The van der Waals surface area contributed by atoms with Crippen LogP contribution in [-0.2, 0) is 4.79 Å². The highest BCUT2D eigenvalue weighted by Gasteiger charge is 2.65. The SMILES string of the molecule is CCCCN(CCCC)CCCNC(=O)CC[C@@H](C)C1CC[C@H]2[C@@H]3[C@H](O)C[C@@H]4C[C@H](O)CC[C@]4(C)[C@H]3C[C@H](O)[C@]12C. The van der Waals surface area contributed by atoms with Crippen LogP contribution in [0.4, 0.5) is 0 Å². The second kappa shape index (κ2) is 14.4. The summed E-state index contributed by atoms with van der Waals surface area (Å²) in [6.45, 7) is 15.6. The van der Waals surface area contributed by atoms with E-state index in [4.69, 9.17) is 0 Å². The van der Waals surface area contributed by atoms with Gasteiger partial charge in [-0.1, -0.05) is 47.5 Å². The van der Waals surface area contributed by atoms with Crippen molar-refractivity contribution in [2.45, 2.75) is 143 Å². The molecule has 0 aromatic heterocycles. The molecule has 0 aliphatic heterocycles. The first-order chi connectivity index (χ1) is 19.6. The highest BCUT2D eigenvalue weighted by molar-refractivity contribution is 5.75. The average molecular weight is 577 g/mol. The summed E-state index contributed by atoms with van der Waals surface area (Å²) in [6.07, 6.45) is 12.8. The summed E-state index contributed by atoms with van der Waals surface area (Å²) in [5.41, 5.74) is -0.0912. The lowest BCUT2D eigenvalue weighted by Crippen LogP contribution is -2.62. The van der Waals surface area contributed by atoms with Crippen molar-refractivity contribution in [3.8, 4) is 0 Å². The average Bonchev–Trinajstić information content (AvgIpc) is 3.30. The minimum absolute atomic E-state index is 0.107. The van der Waals surface area contributed by atoms with Crippen molar-refractivity contribution in [3.63, 3.8) is 0 Å². The van der Waals surface area contributed by atoms with Gasteiger partial charge in [0.1, 0.15) is 0 Å². The number of amides is 1. The number of nitrogens with one attached hydrogen (secondary N) is 1. The van der Waals surface area contributed by atoms with Crippen molar-refractivity contribution in [1.82, 2.24) is 10.2 Å². The molecule has 0 saturated heterocycles. The highest BCUT2D eigenvalue weighted by Crippen LogP contribution is 2.68. The Kier molecular flexibility index (Phi) is 11.7. The van der Waals surface area contributed by atoms with Gasteiger partial charge in [0, 0.05) is 13.0 Å². The number of hydrogen-bond donors (Lipinski definition) is 4. The summed E-state index contributed by atoms with van der Waals surface area (Å²) in [6, 6.07) is 0. The molecule has 4 rings (SSSR count). The molecule has 0 aromatic carbocycles. The van der Waals surface area contributed by atoms with Crippen LogP contribution in [0.3, 0.4) is 0 Å². The van der Waals surface area contributed by atoms with Gasteiger partial charge in [-0.15, -0.1) is 0 Å². The van der Waals surface area contributed by atoms with Gasteiger partial charge in [-0.3, -0.25) is 4.79 Å². The first-order valence-corrected chi connectivity index (χ1v) is 17.6. The highest BCUT2D eigenvalue weighted by atomic mass is 16.3. The quantitative estimate of drug-likeness (QED) is 0.197. The summed E-state index contributed by atoms with van der Waals surface area (Å²) in [4.78, 5) is 15.3. The zero-order valence-corrected chi connectivity index (χ0v) is 27.1. The molecule has 4 aliphatic carbocycles. The molecule has 0 bridgehead atoms. The lowest BCUT2D eigenvalue weighted by atomic mass is 9.43. The van der Waals surface area contributed by atoms with Crippen LogP contribution in [0.1, 0.15) is 125 Å². The first kappa shape index (κ1) is 33.2. The summed E-state index contributed by atoms with van der Waals surface area (Å²) < 4.78 is 0. The predicted octanol–water partition coefficient (Wildman–Crippen LogP) is 5.77. The molecule has 6 nitrogen and oxygen atoms in total. The summed E-state index contributed by atoms with van der Waals surface area (Å²) in [5, 5.41) is 36.8. The Bertz CT molecular complexity index is 831. The number of carbonyl (C=O) groups is 1. The Morgan fingerprint density at radius 1 is 0.927 bits per heavy atom. The van der Waals surface area contributed by atoms with E-state index in [1.165, 1.54) is 25.7 Å². The smallest absolute Gasteiger partial charge is 0.220 e. The molecule has 0 heterocycles. The Morgan fingerprint density at radius 2 is 1.61 bits per heavy atom. The minimum Gasteiger partial charge on any atom is -0.393 e. The number of nitrogens with zero attached hydrogens (tertiary/aromatic N) is 1. The van der Waals surface area contributed by atoms with Gasteiger partial charge in [0.25, 0.3) is 0 Å². The van der Waals surface area contributed by atoms with Crippen LogP contribution in [0.15, 0.2) is 0 Å². The standard InChI is InChI=1S/C35H64N2O4/c1-6-8-18-37(19-9-7-2)20-10-17-36-32(41)14-11-24(3)27-12-13-28-33-29(23-31(40)35(27,28)5)34(4)16-15-26(38)21-25(34)22-30(33)39/h24-31,33,38-40H,6-23H2,1-5H3,(H,36,41)/t24-,25+,26-,27?,28+,29+,30-,31+,33+,34+,35-/m1/s1. The Balaban J connectivity index is 1.29. The molecule has 0 aromatic rings. The second-order valence-electron chi connectivity index (χ2n) is 15.3. The maximum Gasteiger partial charge on any atom is 0.220 e. The van der Waals surface area contributed by atoms with Gasteiger partial charge >= 0.3 is 0 Å². The van der Waals surface area contributed by atoms with Gasteiger partial charge in [-0.25, -0.2) is 0 Å². The number of hydrogen-bond acceptors (Lipinski definition) is 5. The van der Waals surface area contributed by atoms with Crippen LogP contribution >= 0.6 is 0 Å². The zero-order chi connectivity index (χ0) is 29.8. The van der Waals surface area contributed by atoms with Crippen molar-refractivity contribution >= 4 is 5.91 Å². The van der Waals surface area contributed by atoms with Crippen molar-refractivity contribution in [2.24, 2.45) is 46.3 Å². The van der Waals surface area contributed by atoms with Crippen molar-refractivity contribution in [3.05, 3.63) is 0 Å². The second-order valence-corrected chi connectivity index (χ2v) is 15.3. The molecule has 4 saturated carbocycles. The van der Waals surface area contributed by atoms with Gasteiger partial charge in [-0.05, 0) is 137 Å². The molecule has 41 heavy (non-hydrogen) atoms. The Labute approximate surface area is 251 Å². The molecule has 4 N–H and O–H groups in total. The zero-order valence-electron chi connectivity index (χ0n) is 27.1. The van der Waals surface area contributed by atoms with Crippen LogP contribution in [-0.4, -0.2) is 70.6 Å². The summed E-state index contributed by atoms with van der Waals surface area (Å²) >= 11 is 0. The fraction of sp³-hybridized carbons (Fsp3) is 0.971. The van der Waals surface area contributed by atoms with Crippen LogP contribution in [0.5, 0.6) is 0 Å². The minimum atomic E-state index is -0.365. The molecule has 0 radical (unpaired) electrons. The first-order valence-electron chi connectivity index (χ1n) is 17.6. The van der Waals surface area contributed by atoms with E-state index >= 15 is 0 Å². The Hall–Kier alpha value is -0.690. The van der Waals surface area contributed by atoms with Crippen LogP contribution in [0.25, 0.3) is 0 Å². The van der Waals surface area contributed by atoms with E-state index < -0.39 is 0 Å². The lowest BCUT2D eigenvalue weighted by molar-refractivity contribution is -0.207. The van der Waals surface area contributed by atoms with Gasteiger partial charge in [-0.2, -0.15) is 0 Å². The van der Waals surface area contributed by atoms with E-state index in [-0.39, 0.29) is 41.0 Å². The largest absolute Gasteiger partial charge is 0.393 e. The fourth-order valence-corrected chi connectivity index (χ4v) is 10.4. The topological polar surface area (TPSA) is 93.0 Å². The molecular weight excluding hydrogens is 512 g/mol. The number of rotatable bonds is 14. The monoisotopic (exact) mass is 576 g/mol. The van der Waals surface area contributed by atoms with Crippen LogP contribution in [0.2, 0.25) is 0 Å². The maximum absolute atomic E-state index is 12.8. The van der Waals surface area contributed by atoms with Crippen molar-refractivity contribution in [2.75, 3.05) is 26.2 Å². The Morgan fingerprint density at radius 3 is 2.29 bits per heavy atom. The van der Waals surface area contributed by atoms with Crippen molar-refractivity contribution < 1.29 is 20.1 Å². The third-order valence-corrected chi connectivity index (χ3v) is 13.0. The molecule has 238 valence electrons. The van der Waals surface area contributed by atoms with E-state index in [1.54, 1.807) is 0 Å². The number of aliphatic hydroxyl groups is 3. The molecule has 6 heteroatoms. The maximum atomic E-state index is 12.8. The van der Waals surface area contributed by atoms with Gasteiger partial charge in [0.2, 0.25) is 5.91 Å². The summed E-state index contributed by atoms with van der Waals surface area (Å²) in [7, 11) is 0. The number of fused-ring (bicyclic) bond motifs is 5.